The molecule has 1 unspecified atom stereocenters. The standard InChI is InChI=1S/C18H32N2/c1-6-9-15-10-12-16(13-11-15)18(19-4)14-20(5)17(7-2)8-3/h10-13,17-19H,6-9,14H2,1-5H3. The lowest BCUT2D eigenvalue weighted by Gasteiger charge is -2.30. The maximum Gasteiger partial charge on any atom is 0.0446 e. The number of likely N-dealkylation sites (N-methyl/N-ethyl adjacent to an activating group) is 2. The highest BCUT2D eigenvalue weighted by molar-refractivity contribution is 5.25. The van der Waals surface area contributed by atoms with Crippen LogP contribution in [0.3, 0.4) is 0 Å². The number of aryl methyl sites for hydroxylation is 1. The van der Waals surface area contributed by atoms with Crippen molar-refractivity contribution in [3.63, 3.8) is 0 Å². The van der Waals surface area contributed by atoms with Gasteiger partial charge in [0.1, 0.15) is 0 Å². The SMILES string of the molecule is CCCc1ccc(C(CN(C)C(CC)CC)NC)cc1. The molecule has 0 radical (unpaired) electrons. The minimum Gasteiger partial charge on any atom is -0.312 e. The summed E-state index contributed by atoms with van der Waals surface area (Å²) in [5, 5.41) is 3.46. The molecule has 1 atom stereocenters. The molecule has 0 aliphatic heterocycles. The fourth-order valence-electron chi connectivity index (χ4n) is 2.92. The molecule has 1 aromatic carbocycles. The first-order valence-corrected chi connectivity index (χ1v) is 8.12. The Bertz CT molecular complexity index is 354. The molecule has 20 heavy (non-hydrogen) atoms. The highest BCUT2D eigenvalue weighted by Gasteiger charge is 2.16. The Balaban J connectivity index is 2.69. The largest absolute Gasteiger partial charge is 0.312 e. The Hall–Kier alpha value is -0.860. The lowest BCUT2D eigenvalue weighted by atomic mass is 10.0. The van der Waals surface area contributed by atoms with Crippen LogP contribution in [0.4, 0.5) is 0 Å². The molecule has 1 N–H and O–H groups in total. The maximum absolute atomic E-state index is 3.46. The van der Waals surface area contributed by atoms with E-state index >= 15 is 0 Å². The molecule has 0 aliphatic rings. The predicted molar refractivity (Wildman–Crippen MR) is 89.2 cm³/mol. The number of hydrogen-bond donors (Lipinski definition) is 1. The van der Waals surface area contributed by atoms with Crippen LogP contribution in [0.5, 0.6) is 0 Å². The number of benzene rings is 1. The average Bonchev–Trinajstić information content (AvgIpc) is 2.47. The first-order chi connectivity index (χ1) is 9.65. The van der Waals surface area contributed by atoms with Crippen molar-refractivity contribution in [3.8, 4) is 0 Å². The normalized spacial score (nSPS) is 13.2. The first-order valence-electron chi connectivity index (χ1n) is 8.12. The molecule has 1 aromatic rings. The molecule has 0 saturated heterocycles. The number of rotatable bonds is 9. The van der Waals surface area contributed by atoms with Gasteiger partial charge in [0.25, 0.3) is 0 Å². The van der Waals surface area contributed by atoms with E-state index < -0.39 is 0 Å². The summed E-state index contributed by atoms with van der Waals surface area (Å²) in [6.45, 7) is 7.85. The molecule has 114 valence electrons. The van der Waals surface area contributed by atoms with Crippen LogP contribution >= 0.6 is 0 Å². The van der Waals surface area contributed by atoms with Crippen LogP contribution in [0.1, 0.15) is 57.2 Å². The van der Waals surface area contributed by atoms with Crippen molar-refractivity contribution in [2.24, 2.45) is 0 Å². The molecule has 0 heterocycles. The molecule has 0 aromatic heterocycles. The van der Waals surface area contributed by atoms with E-state index in [0.29, 0.717) is 12.1 Å². The topological polar surface area (TPSA) is 15.3 Å². The van der Waals surface area contributed by atoms with E-state index in [9.17, 15) is 0 Å². The minimum atomic E-state index is 0.413. The lowest BCUT2D eigenvalue weighted by molar-refractivity contribution is 0.209. The van der Waals surface area contributed by atoms with Crippen molar-refractivity contribution in [1.82, 2.24) is 10.2 Å². The van der Waals surface area contributed by atoms with E-state index in [1.54, 1.807) is 0 Å². The van der Waals surface area contributed by atoms with Gasteiger partial charge in [-0.2, -0.15) is 0 Å². The molecule has 0 amide bonds. The third kappa shape index (κ3) is 4.92. The fourth-order valence-corrected chi connectivity index (χ4v) is 2.92. The van der Waals surface area contributed by atoms with Gasteiger partial charge in [0, 0.05) is 18.6 Å². The van der Waals surface area contributed by atoms with Crippen LogP contribution in [-0.2, 0) is 6.42 Å². The van der Waals surface area contributed by atoms with Gasteiger partial charge in [0.2, 0.25) is 0 Å². The van der Waals surface area contributed by atoms with E-state index in [4.69, 9.17) is 0 Å². The highest BCUT2D eigenvalue weighted by Crippen LogP contribution is 2.18. The zero-order valence-corrected chi connectivity index (χ0v) is 13.9. The monoisotopic (exact) mass is 276 g/mol. The summed E-state index contributed by atoms with van der Waals surface area (Å²) in [6.07, 6.45) is 4.84. The van der Waals surface area contributed by atoms with Crippen molar-refractivity contribution in [2.45, 2.75) is 58.5 Å². The molecule has 0 aliphatic carbocycles. The number of nitrogens with zero attached hydrogens (tertiary/aromatic N) is 1. The second-order valence-corrected chi connectivity index (χ2v) is 5.74. The van der Waals surface area contributed by atoms with Crippen LogP contribution in [-0.4, -0.2) is 31.6 Å². The summed E-state index contributed by atoms with van der Waals surface area (Å²) in [4.78, 5) is 2.49. The van der Waals surface area contributed by atoms with Gasteiger partial charge in [0.15, 0.2) is 0 Å². The fraction of sp³-hybridized carbons (Fsp3) is 0.667. The molecule has 0 fully saturated rings. The molecule has 0 spiro atoms. The van der Waals surface area contributed by atoms with E-state index in [2.05, 4.69) is 69.3 Å². The van der Waals surface area contributed by atoms with Crippen molar-refractivity contribution < 1.29 is 0 Å². The Morgan fingerprint density at radius 3 is 2.10 bits per heavy atom. The van der Waals surface area contributed by atoms with Gasteiger partial charge in [-0.15, -0.1) is 0 Å². The van der Waals surface area contributed by atoms with Crippen LogP contribution in [0.2, 0.25) is 0 Å². The quantitative estimate of drug-likeness (QED) is 0.733. The Morgan fingerprint density at radius 1 is 1.05 bits per heavy atom. The zero-order chi connectivity index (χ0) is 15.0. The Kier molecular flexibility index (Phi) is 7.86. The van der Waals surface area contributed by atoms with E-state index in [1.807, 2.05) is 0 Å². The molecular weight excluding hydrogens is 244 g/mol. The predicted octanol–water partition coefficient (Wildman–Crippen LogP) is 4.02. The summed E-state index contributed by atoms with van der Waals surface area (Å²) in [6, 6.07) is 10.2. The number of nitrogens with one attached hydrogen (secondary N) is 1. The van der Waals surface area contributed by atoms with Crippen molar-refractivity contribution in [1.29, 1.82) is 0 Å². The second-order valence-electron chi connectivity index (χ2n) is 5.74. The number of hydrogen-bond acceptors (Lipinski definition) is 2. The summed E-state index contributed by atoms with van der Waals surface area (Å²) >= 11 is 0. The maximum atomic E-state index is 3.46. The zero-order valence-electron chi connectivity index (χ0n) is 13.9. The summed E-state index contributed by atoms with van der Waals surface area (Å²) in [5.41, 5.74) is 2.84. The van der Waals surface area contributed by atoms with Gasteiger partial charge < -0.3 is 10.2 Å². The lowest BCUT2D eigenvalue weighted by Crippen LogP contribution is -2.37. The van der Waals surface area contributed by atoms with Crippen molar-refractivity contribution >= 4 is 0 Å². The van der Waals surface area contributed by atoms with Gasteiger partial charge in [-0.3, -0.25) is 0 Å². The van der Waals surface area contributed by atoms with Gasteiger partial charge in [-0.05, 0) is 44.5 Å². The van der Waals surface area contributed by atoms with Gasteiger partial charge in [0.05, 0.1) is 0 Å². The third-order valence-electron chi connectivity index (χ3n) is 4.31. The molecule has 0 bridgehead atoms. The first kappa shape index (κ1) is 17.2. The van der Waals surface area contributed by atoms with Gasteiger partial charge in [-0.1, -0.05) is 51.5 Å². The van der Waals surface area contributed by atoms with E-state index in [1.165, 1.54) is 36.8 Å². The summed E-state index contributed by atoms with van der Waals surface area (Å²) in [7, 11) is 4.30. The molecule has 1 rings (SSSR count). The smallest absolute Gasteiger partial charge is 0.0446 e. The summed E-state index contributed by atoms with van der Waals surface area (Å²) in [5.74, 6) is 0. The molecule has 0 saturated carbocycles. The van der Waals surface area contributed by atoms with Crippen LogP contribution in [0.15, 0.2) is 24.3 Å². The highest BCUT2D eigenvalue weighted by atomic mass is 15.1. The summed E-state index contributed by atoms with van der Waals surface area (Å²) < 4.78 is 0. The minimum absolute atomic E-state index is 0.413. The average molecular weight is 276 g/mol. The van der Waals surface area contributed by atoms with Gasteiger partial charge in [-0.25, -0.2) is 0 Å². The molecular formula is C18H32N2. The Morgan fingerprint density at radius 2 is 1.65 bits per heavy atom. The van der Waals surface area contributed by atoms with Crippen molar-refractivity contribution in [2.75, 3.05) is 20.6 Å². The third-order valence-corrected chi connectivity index (χ3v) is 4.31. The Labute approximate surface area is 125 Å². The second kappa shape index (κ2) is 9.15. The van der Waals surface area contributed by atoms with E-state index in [0.717, 1.165) is 6.54 Å². The van der Waals surface area contributed by atoms with Gasteiger partial charge >= 0.3 is 0 Å². The molecule has 2 nitrogen and oxygen atoms in total. The van der Waals surface area contributed by atoms with Crippen molar-refractivity contribution in [3.05, 3.63) is 35.4 Å². The van der Waals surface area contributed by atoms with Crippen LogP contribution in [0, 0.1) is 0 Å². The van der Waals surface area contributed by atoms with E-state index in [-0.39, 0.29) is 0 Å². The molecule has 2 heteroatoms. The van der Waals surface area contributed by atoms with Crippen LogP contribution in [0.25, 0.3) is 0 Å². The van der Waals surface area contributed by atoms with Crippen LogP contribution < -0.4 is 5.32 Å².